The Morgan fingerprint density at radius 1 is 1.35 bits per heavy atom. The first-order chi connectivity index (χ1) is 7.84. The third-order valence-electron chi connectivity index (χ3n) is 3.07. The second-order valence-electron chi connectivity index (χ2n) is 5.41. The van der Waals surface area contributed by atoms with E-state index >= 15 is 0 Å². The van der Waals surface area contributed by atoms with Crippen molar-refractivity contribution in [2.45, 2.75) is 58.7 Å². The average molecular weight is 255 g/mol. The predicted octanol–water partition coefficient (Wildman–Crippen LogP) is 3.91. The number of rotatable bonds is 6. The Labute approximate surface area is 109 Å². The minimum absolute atomic E-state index is 0.0580. The molecule has 0 aliphatic heterocycles. The molecule has 2 atom stereocenters. The lowest BCUT2D eigenvalue weighted by Crippen LogP contribution is -2.36. The van der Waals surface area contributed by atoms with E-state index < -0.39 is 0 Å². The van der Waals surface area contributed by atoms with Crippen LogP contribution < -0.4 is 5.32 Å². The first kappa shape index (κ1) is 14.7. The Hall–Kier alpha value is -0.380. The lowest BCUT2D eigenvalue weighted by atomic mass is 9.99. The van der Waals surface area contributed by atoms with Crippen LogP contribution in [0, 0.1) is 6.92 Å². The SMILES string of the molecule is COC(C)(C)CC(C)NC(C)c1ccc(C)s1. The van der Waals surface area contributed by atoms with Crippen LogP contribution >= 0.6 is 11.3 Å². The first-order valence-corrected chi connectivity index (χ1v) is 7.03. The van der Waals surface area contributed by atoms with E-state index in [-0.39, 0.29) is 5.60 Å². The molecule has 0 saturated heterocycles. The number of thiophene rings is 1. The molecule has 0 spiro atoms. The van der Waals surface area contributed by atoms with Gasteiger partial charge in [-0.1, -0.05) is 0 Å². The topological polar surface area (TPSA) is 21.3 Å². The lowest BCUT2D eigenvalue weighted by molar-refractivity contribution is 0.00785. The average Bonchev–Trinajstić information content (AvgIpc) is 2.64. The van der Waals surface area contributed by atoms with Gasteiger partial charge in [0.15, 0.2) is 0 Å². The second kappa shape index (κ2) is 5.98. The Morgan fingerprint density at radius 2 is 2.00 bits per heavy atom. The van der Waals surface area contributed by atoms with Crippen LogP contribution in [0.25, 0.3) is 0 Å². The molecule has 1 N–H and O–H groups in total. The summed E-state index contributed by atoms with van der Waals surface area (Å²) < 4.78 is 5.46. The predicted molar refractivity (Wildman–Crippen MR) is 75.8 cm³/mol. The fourth-order valence-electron chi connectivity index (χ4n) is 2.07. The van der Waals surface area contributed by atoms with Crippen molar-refractivity contribution in [3.8, 4) is 0 Å². The van der Waals surface area contributed by atoms with Crippen molar-refractivity contribution >= 4 is 11.3 Å². The smallest absolute Gasteiger partial charge is 0.0637 e. The van der Waals surface area contributed by atoms with Crippen molar-refractivity contribution in [2.24, 2.45) is 0 Å². The van der Waals surface area contributed by atoms with Gasteiger partial charge in [-0.15, -0.1) is 11.3 Å². The maximum Gasteiger partial charge on any atom is 0.0637 e. The first-order valence-electron chi connectivity index (χ1n) is 6.21. The molecule has 0 aliphatic carbocycles. The fourth-order valence-corrected chi connectivity index (χ4v) is 2.96. The van der Waals surface area contributed by atoms with Crippen molar-refractivity contribution in [1.82, 2.24) is 5.32 Å². The molecular weight excluding hydrogens is 230 g/mol. The van der Waals surface area contributed by atoms with Gasteiger partial charge < -0.3 is 10.1 Å². The van der Waals surface area contributed by atoms with Crippen molar-refractivity contribution in [2.75, 3.05) is 7.11 Å². The van der Waals surface area contributed by atoms with Gasteiger partial charge in [0.05, 0.1) is 5.60 Å². The van der Waals surface area contributed by atoms with Gasteiger partial charge in [-0.05, 0) is 53.2 Å². The molecule has 0 bridgehead atoms. The molecule has 0 fully saturated rings. The summed E-state index contributed by atoms with van der Waals surface area (Å²) in [6, 6.07) is 5.26. The molecule has 1 aromatic heterocycles. The Kier molecular flexibility index (Phi) is 5.17. The minimum Gasteiger partial charge on any atom is -0.379 e. The normalized spacial score (nSPS) is 15.9. The van der Waals surface area contributed by atoms with Crippen LogP contribution in [0.5, 0.6) is 0 Å². The highest BCUT2D eigenvalue weighted by Gasteiger charge is 2.21. The summed E-state index contributed by atoms with van der Waals surface area (Å²) >= 11 is 1.87. The molecule has 0 aromatic carbocycles. The summed E-state index contributed by atoms with van der Waals surface area (Å²) in [6.07, 6.45) is 1.01. The van der Waals surface area contributed by atoms with Crippen LogP contribution in [0.4, 0.5) is 0 Å². The monoisotopic (exact) mass is 255 g/mol. The summed E-state index contributed by atoms with van der Waals surface area (Å²) in [6.45, 7) is 10.9. The molecule has 1 heterocycles. The molecule has 1 rings (SSSR count). The van der Waals surface area contributed by atoms with Crippen molar-refractivity contribution < 1.29 is 4.74 Å². The molecule has 98 valence electrons. The quantitative estimate of drug-likeness (QED) is 0.832. The molecular formula is C14H25NOS. The molecule has 3 heteroatoms. The van der Waals surface area contributed by atoms with E-state index in [1.165, 1.54) is 9.75 Å². The summed E-state index contributed by atoms with van der Waals surface area (Å²) in [5, 5.41) is 3.63. The molecule has 0 aliphatic rings. The van der Waals surface area contributed by atoms with Gasteiger partial charge in [0, 0.05) is 28.9 Å². The number of nitrogens with one attached hydrogen (secondary N) is 1. The van der Waals surface area contributed by atoms with E-state index in [0.717, 1.165) is 6.42 Å². The zero-order chi connectivity index (χ0) is 13.1. The summed E-state index contributed by atoms with van der Waals surface area (Å²) in [5.74, 6) is 0. The number of methoxy groups -OCH3 is 1. The number of aryl methyl sites for hydroxylation is 1. The van der Waals surface area contributed by atoms with E-state index in [2.05, 4.69) is 52.1 Å². The van der Waals surface area contributed by atoms with E-state index in [1.54, 1.807) is 7.11 Å². The van der Waals surface area contributed by atoms with Gasteiger partial charge in [-0.3, -0.25) is 0 Å². The van der Waals surface area contributed by atoms with Gasteiger partial charge in [-0.2, -0.15) is 0 Å². The van der Waals surface area contributed by atoms with Crippen LogP contribution in [0.15, 0.2) is 12.1 Å². The Bertz CT molecular complexity index is 346. The van der Waals surface area contributed by atoms with E-state index in [1.807, 2.05) is 11.3 Å². The van der Waals surface area contributed by atoms with Gasteiger partial charge in [-0.25, -0.2) is 0 Å². The Balaban J connectivity index is 2.49. The van der Waals surface area contributed by atoms with E-state index in [0.29, 0.717) is 12.1 Å². The van der Waals surface area contributed by atoms with Crippen LogP contribution in [-0.2, 0) is 4.74 Å². The highest BCUT2D eigenvalue weighted by Crippen LogP contribution is 2.24. The number of hydrogen-bond acceptors (Lipinski definition) is 3. The molecule has 2 unspecified atom stereocenters. The molecule has 17 heavy (non-hydrogen) atoms. The van der Waals surface area contributed by atoms with Crippen LogP contribution in [0.1, 0.15) is 49.9 Å². The third-order valence-corrected chi connectivity index (χ3v) is 4.26. The highest BCUT2D eigenvalue weighted by molar-refractivity contribution is 7.12. The number of ether oxygens (including phenoxy) is 1. The summed E-state index contributed by atoms with van der Waals surface area (Å²) in [7, 11) is 1.78. The molecule has 0 amide bonds. The zero-order valence-corrected chi connectivity index (χ0v) is 12.6. The second-order valence-corrected chi connectivity index (χ2v) is 6.73. The zero-order valence-electron chi connectivity index (χ0n) is 11.8. The van der Waals surface area contributed by atoms with Crippen molar-refractivity contribution in [3.05, 3.63) is 21.9 Å². The third kappa shape index (κ3) is 4.78. The van der Waals surface area contributed by atoms with Crippen molar-refractivity contribution in [3.63, 3.8) is 0 Å². The van der Waals surface area contributed by atoms with E-state index in [9.17, 15) is 0 Å². The summed E-state index contributed by atoms with van der Waals surface area (Å²) in [4.78, 5) is 2.78. The van der Waals surface area contributed by atoms with Crippen LogP contribution in [0.2, 0.25) is 0 Å². The van der Waals surface area contributed by atoms with Gasteiger partial charge in [0.1, 0.15) is 0 Å². The highest BCUT2D eigenvalue weighted by atomic mass is 32.1. The molecule has 0 saturated carbocycles. The maximum atomic E-state index is 5.46. The lowest BCUT2D eigenvalue weighted by Gasteiger charge is -2.28. The van der Waals surface area contributed by atoms with Gasteiger partial charge in [0.2, 0.25) is 0 Å². The van der Waals surface area contributed by atoms with Crippen LogP contribution in [-0.4, -0.2) is 18.8 Å². The molecule has 0 radical (unpaired) electrons. The van der Waals surface area contributed by atoms with Gasteiger partial charge in [0.25, 0.3) is 0 Å². The van der Waals surface area contributed by atoms with Crippen LogP contribution in [0.3, 0.4) is 0 Å². The van der Waals surface area contributed by atoms with E-state index in [4.69, 9.17) is 4.74 Å². The maximum absolute atomic E-state index is 5.46. The Morgan fingerprint density at radius 3 is 2.47 bits per heavy atom. The standard InChI is InChI=1S/C14H25NOS/c1-10(9-14(4,5)16-6)15-12(3)13-8-7-11(2)17-13/h7-8,10,12,15H,9H2,1-6H3. The minimum atomic E-state index is -0.0580. The van der Waals surface area contributed by atoms with Gasteiger partial charge >= 0.3 is 0 Å². The summed E-state index contributed by atoms with van der Waals surface area (Å²) in [5.41, 5.74) is -0.0580. The van der Waals surface area contributed by atoms with Crippen molar-refractivity contribution in [1.29, 1.82) is 0 Å². The largest absolute Gasteiger partial charge is 0.379 e. The molecule has 1 aromatic rings. The number of hydrogen-bond donors (Lipinski definition) is 1. The molecule has 2 nitrogen and oxygen atoms in total. The fraction of sp³-hybridized carbons (Fsp3) is 0.714.